The summed E-state index contributed by atoms with van der Waals surface area (Å²) in [6.45, 7) is 0.661. The molecular formula is C18H17N7O4. The number of hydrogen-bond donors (Lipinski definition) is 1. The summed E-state index contributed by atoms with van der Waals surface area (Å²) in [4.78, 5) is 20.1. The lowest BCUT2D eigenvalue weighted by Crippen LogP contribution is -2.44. The van der Waals surface area contributed by atoms with E-state index in [9.17, 15) is 4.79 Å². The van der Waals surface area contributed by atoms with Crippen LogP contribution >= 0.6 is 0 Å². The van der Waals surface area contributed by atoms with Crippen LogP contribution in [0.15, 0.2) is 49.1 Å². The Morgan fingerprint density at radius 1 is 1.10 bits per heavy atom. The number of rotatable bonds is 5. The van der Waals surface area contributed by atoms with Crippen LogP contribution in [0.5, 0.6) is 11.8 Å². The molecule has 4 atom stereocenters. The number of nitrogens with one attached hydrogen (secondary N) is 1. The van der Waals surface area contributed by atoms with E-state index < -0.39 is 0 Å². The Morgan fingerprint density at radius 3 is 2.72 bits per heavy atom. The third-order valence-corrected chi connectivity index (χ3v) is 4.90. The molecule has 2 saturated heterocycles. The van der Waals surface area contributed by atoms with Crippen LogP contribution in [-0.4, -0.2) is 67.5 Å². The van der Waals surface area contributed by atoms with Crippen molar-refractivity contribution in [1.82, 2.24) is 35.5 Å². The lowest BCUT2D eigenvalue weighted by Gasteiger charge is -2.18. The van der Waals surface area contributed by atoms with E-state index in [1.54, 1.807) is 4.68 Å². The zero-order chi connectivity index (χ0) is 19.6. The van der Waals surface area contributed by atoms with Gasteiger partial charge in [-0.2, -0.15) is 4.68 Å². The molecule has 11 nitrogen and oxygen atoms in total. The highest BCUT2D eigenvalue weighted by Crippen LogP contribution is 2.36. The lowest BCUT2D eigenvalue weighted by atomic mass is 10.1. The van der Waals surface area contributed by atoms with Crippen LogP contribution in [0, 0.1) is 0 Å². The minimum atomic E-state index is -0.317. The first-order valence-corrected chi connectivity index (χ1v) is 9.09. The van der Waals surface area contributed by atoms with Crippen molar-refractivity contribution in [3.8, 4) is 11.8 Å². The predicted molar refractivity (Wildman–Crippen MR) is 96.1 cm³/mol. The van der Waals surface area contributed by atoms with Crippen molar-refractivity contribution in [3.05, 3.63) is 54.6 Å². The Labute approximate surface area is 165 Å². The van der Waals surface area contributed by atoms with Gasteiger partial charge in [0.05, 0.1) is 24.8 Å². The fourth-order valence-electron chi connectivity index (χ4n) is 3.54. The van der Waals surface area contributed by atoms with Gasteiger partial charge in [0.25, 0.3) is 5.91 Å². The molecule has 1 aromatic carbocycles. The van der Waals surface area contributed by atoms with Crippen LogP contribution in [0.1, 0.15) is 16.4 Å². The van der Waals surface area contributed by atoms with E-state index in [0.29, 0.717) is 24.5 Å². The Bertz CT molecular complexity index is 984. The van der Waals surface area contributed by atoms with Gasteiger partial charge in [-0.25, -0.2) is 9.97 Å². The third-order valence-electron chi connectivity index (χ3n) is 4.90. The molecule has 1 N–H and O–H groups in total. The lowest BCUT2D eigenvalue weighted by molar-refractivity contribution is 0.0606. The molecule has 0 aliphatic carbocycles. The van der Waals surface area contributed by atoms with Crippen molar-refractivity contribution in [1.29, 1.82) is 0 Å². The van der Waals surface area contributed by atoms with Gasteiger partial charge in [0.1, 0.15) is 30.3 Å². The molecule has 0 spiro atoms. The van der Waals surface area contributed by atoms with Gasteiger partial charge in [-0.05, 0) is 22.6 Å². The molecule has 2 aromatic heterocycles. The van der Waals surface area contributed by atoms with Gasteiger partial charge in [-0.1, -0.05) is 23.3 Å². The molecule has 29 heavy (non-hydrogen) atoms. The average molecular weight is 395 g/mol. The SMILES string of the molecule is O=C(N[C@H]1CO[C@H]2[C@H]1OC[C@H]2n1nnnc1Oc1ccccc1)c1cncnc1. The highest BCUT2D eigenvalue weighted by Gasteiger charge is 2.50. The standard InChI is InChI=1S/C18H17N7O4/c26-17(11-6-19-10-20-7-11)21-13-8-27-16-14(9-28-15(13)16)25-18(22-23-24-25)29-12-4-2-1-3-5-12/h1-7,10,13-16H,8-9H2,(H,21,26)/t13-,14+,15-,16+/m0/s1. The van der Waals surface area contributed by atoms with Crippen LogP contribution < -0.4 is 10.1 Å². The average Bonchev–Trinajstić information content (AvgIpc) is 3.47. The van der Waals surface area contributed by atoms with Gasteiger partial charge in [-0.15, -0.1) is 0 Å². The topological polar surface area (TPSA) is 126 Å². The molecule has 11 heteroatoms. The fraction of sp³-hybridized carbons (Fsp3) is 0.333. The second kappa shape index (κ2) is 7.53. The second-order valence-corrected chi connectivity index (χ2v) is 6.69. The van der Waals surface area contributed by atoms with Crippen molar-refractivity contribution in [3.63, 3.8) is 0 Å². The molecular weight excluding hydrogens is 378 g/mol. The zero-order valence-electron chi connectivity index (χ0n) is 15.2. The first kappa shape index (κ1) is 17.6. The molecule has 0 unspecified atom stereocenters. The van der Waals surface area contributed by atoms with Crippen molar-refractivity contribution in [2.45, 2.75) is 24.3 Å². The molecule has 5 rings (SSSR count). The summed E-state index contributed by atoms with van der Waals surface area (Å²) in [5.41, 5.74) is 0.379. The molecule has 0 bridgehead atoms. The number of tetrazole rings is 1. The maximum Gasteiger partial charge on any atom is 0.341 e. The van der Waals surface area contributed by atoms with Gasteiger partial charge in [0.15, 0.2) is 0 Å². The molecule has 4 heterocycles. The Balaban J connectivity index is 1.29. The van der Waals surface area contributed by atoms with Crippen LogP contribution in [0.3, 0.4) is 0 Å². The third kappa shape index (κ3) is 3.41. The van der Waals surface area contributed by atoms with E-state index in [0.717, 1.165) is 0 Å². The summed E-state index contributed by atoms with van der Waals surface area (Å²) in [5, 5.41) is 14.7. The van der Waals surface area contributed by atoms with Crippen LogP contribution in [0.25, 0.3) is 0 Å². The van der Waals surface area contributed by atoms with E-state index in [1.165, 1.54) is 18.7 Å². The molecule has 3 aromatic rings. The summed E-state index contributed by atoms with van der Waals surface area (Å²) in [7, 11) is 0. The summed E-state index contributed by atoms with van der Waals surface area (Å²) < 4.78 is 19.2. The van der Waals surface area contributed by atoms with Gasteiger partial charge in [0, 0.05) is 12.4 Å². The van der Waals surface area contributed by atoms with Crippen LogP contribution in [0.4, 0.5) is 0 Å². The quantitative estimate of drug-likeness (QED) is 0.653. The number of aromatic nitrogens is 6. The van der Waals surface area contributed by atoms with Crippen LogP contribution in [0.2, 0.25) is 0 Å². The van der Waals surface area contributed by atoms with Crippen molar-refractivity contribution < 1.29 is 19.0 Å². The minimum absolute atomic E-state index is 0.253. The molecule has 2 fully saturated rings. The Morgan fingerprint density at radius 2 is 1.90 bits per heavy atom. The van der Waals surface area contributed by atoms with E-state index >= 15 is 0 Å². The fourth-order valence-corrected chi connectivity index (χ4v) is 3.54. The summed E-state index contributed by atoms with van der Waals surface area (Å²) in [6, 6.07) is 8.95. The van der Waals surface area contributed by atoms with Gasteiger partial charge in [-0.3, -0.25) is 4.79 Å². The molecule has 0 radical (unpaired) electrons. The van der Waals surface area contributed by atoms with Crippen molar-refractivity contribution in [2.24, 2.45) is 0 Å². The predicted octanol–water partition coefficient (Wildman–Crippen LogP) is 0.393. The number of amides is 1. The molecule has 1 amide bonds. The summed E-state index contributed by atoms with van der Waals surface area (Å²) in [6.07, 6.45) is 3.67. The Hall–Kier alpha value is -3.44. The number of hydrogen-bond acceptors (Lipinski definition) is 9. The van der Waals surface area contributed by atoms with Crippen LogP contribution in [-0.2, 0) is 9.47 Å². The molecule has 2 aliphatic heterocycles. The molecule has 148 valence electrons. The number of carbonyl (C=O) groups excluding carboxylic acids is 1. The van der Waals surface area contributed by atoms with Gasteiger partial charge < -0.3 is 19.5 Å². The smallest absolute Gasteiger partial charge is 0.341 e. The number of para-hydroxylation sites is 1. The summed E-state index contributed by atoms with van der Waals surface area (Å²) in [5.74, 6) is 0.351. The first-order chi connectivity index (χ1) is 14.3. The summed E-state index contributed by atoms with van der Waals surface area (Å²) >= 11 is 0. The maximum absolute atomic E-state index is 12.4. The number of nitrogens with zero attached hydrogens (tertiary/aromatic N) is 6. The number of ether oxygens (including phenoxy) is 3. The molecule has 2 aliphatic rings. The second-order valence-electron chi connectivity index (χ2n) is 6.69. The van der Waals surface area contributed by atoms with E-state index in [-0.39, 0.29) is 36.2 Å². The monoisotopic (exact) mass is 395 g/mol. The zero-order valence-corrected chi connectivity index (χ0v) is 15.2. The highest BCUT2D eigenvalue weighted by molar-refractivity contribution is 5.93. The van der Waals surface area contributed by atoms with Crippen molar-refractivity contribution in [2.75, 3.05) is 13.2 Å². The van der Waals surface area contributed by atoms with E-state index in [4.69, 9.17) is 14.2 Å². The van der Waals surface area contributed by atoms with E-state index in [1.807, 2.05) is 30.3 Å². The first-order valence-electron chi connectivity index (χ1n) is 9.09. The number of fused-ring (bicyclic) bond motifs is 1. The van der Waals surface area contributed by atoms with Crippen molar-refractivity contribution >= 4 is 5.91 Å². The highest BCUT2D eigenvalue weighted by atomic mass is 16.6. The largest absolute Gasteiger partial charge is 0.423 e. The minimum Gasteiger partial charge on any atom is -0.423 e. The number of carbonyl (C=O) groups is 1. The van der Waals surface area contributed by atoms with E-state index in [2.05, 4.69) is 30.8 Å². The number of benzene rings is 1. The van der Waals surface area contributed by atoms with Gasteiger partial charge >= 0.3 is 6.01 Å². The van der Waals surface area contributed by atoms with Gasteiger partial charge in [0.2, 0.25) is 0 Å². The Kier molecular flexibility index (Phi) is 4.58. The molecule has 0 saturated carbocycles. The normalized spacial score (nSPS) is 25.5. The maximum atomic E-state index is 12.4.